The second-order valence-corrected chi connectivity index (χ2v) is 11.8. The number of rotatable bonds is 8. The molecule has 1 fully saturated rings. The van der Waals surface area contributed by atoms with Crippen LogP contribution in [-0.2, 0) is 4.74 Å². The van der Waals surface area contributed by atoms with E-state index < -0.39 is 72.4 Å². The van der Waals surface area contributed by atoms with E-state index in [1.165, 1.54) is 66.7 Å². The molecule has 2 aliphatic rings. The molecule has 2 aliphatic heterocycles. The number of phenolic OH excluding ortho intramolecular Hbond substituents is 5. The summed E-state index contributed by atoms with van der Waals surface area (Å²) in [6, 6.07) is 15.8. The van der Waals surface area contributed by atoms with Crippen molar-refractivity contribution in [3.63, 3.8) is 0 Å². The number of ether oxygens (including phenoxy) is 3. The number of benzene rings is 4. The lowest BCUT2D eigenvalue weighted by Gasteiger charge is -2.39. The first-order valence-electron chi connectivity index (χ1n) is 15.3. The summed E-state index contributed by atoms with van der Waals surface area (Å²) in [5, 5.41) is 91.8. The Kier molecular flexibility index (Phi) is 9.38. The van der Waals surface area contributed by atoms with Crippen LogP contribution in [0.5, 0.6) is 40.2 Å². The van der Waals surface area contributed by atoms with Crippen LogP contribution in [0.15, 0.2) is 78.9 Å². The number of carbonyl (C=O) groups is 2. The molecule has 14 heteroatoms. The molecule has 1 saturated heterocycles. The van der Waals surface area contributed by atoms with Gasteiger partial charge in [0.1, 0.15) is 76.3 Å². The second kappa shape index (κ2) is 13.7. The van der Waals surface area contributed by atoms with Crippen molar-refractivity contribution in [2.45, 2.75) is 42.7 Å². The summed E-state index contributed by atoms with van der Waals surface area (Å²) >= 11 is 0. The summed E-state index contributed by atoms with van der Waals surface area (Å²) < 4.78 is 17.3. The van der Waals surface area contributed by atoms with Gasteiger partial charge in [-0.1, -0.05) is 24.3 Å². The van der Waals surface area contributed by atoms with Crippen LogP contribution in [0.3, 0.4) is 0 Å². The first-order chi connectivity index (χ1) is 23.9. The molecular formula is C36H32O14. The highest BCUT2D eigenvalue weighted by Gasteiger charge is 2.46. The molecule has 2 heterocycles. The minimum Gasteiger partial charge on any atom is -0.508 e. The maximum Gasteiger partial charge on any atom is 0.229 e. The average Bonchev–Trinajstić information content (AvgIpc) is 3.08. The van der Waals surface area contributed by atoms with E-state index in [4.69, 9.17) is 14.2 Å². The fraction of sp³-hybridized carbons (Fsp3) is 0.222. The topological polar surface area (TPSA) is 244 Å². The van der Waals surface area contributed by atoms with Gasteiger partial charge in [-0.25, -0.2) is 0 Å². The Morgan fingerprint density at radius 1 is 0.780 bits per heavy atom. The minimum absolute atomic E-state index is 0.0664. The van der Waals surface area contributed by atoms with Gasteiger partial charge in [0.2, 0.25) is 6.29 Å². The zero-order chi connectivity index (χ0) is 35.9. The van der Waals surface area contributed by atoms with Gasteiger partial charge in [0, 0.05) is 23.8 Å². The Balaban J connectivity index is 1.36. The van der Waals surface area contributed by atoms with Gasteiger partial charge in [0.25, 0.3) is 0 Å². The average molecular weight is 689 g/mol. The van der Waals surface area contributed by atoms with Crippen LogP contribution < -0.4 is 9.47 Å². The number of allylic oxidation sites excluding steroid dienone is 1. The number of fused-ring (bicyclic) bond motifs is 1. The van der Waals surface area contributed by atoms with E-state index in [9.17, 15) is 55.5 Å². The van der Waals surface area contributed by atoms with Crippen LogP contribution in [-0.4, -0.2) is 94.8 Å². The molecule has 4 aromatic rings. The summed E-state index contributed by atoms with van der Waals surface area (Å²) in [5.41, 5.74) is 0.500. The highest BCUT2D eigenvalue weighted by atomic mass is 16.7. The molecule has 0 amide bonds. The van der Waals surface area contributed by atoms with Gasteiger partial charge < -0.3 is 60.2 Å². The lowest BCUT2D eigenvalue weighted by molar-refractivity contribution is -0.277. The molecule has 0 aromatic heterocycles. The lowest BCUT2D eigenvalue weighted by Crippen LogP contribution is -2.60. The molecule has 0 radical (unpaired) electrons. The number of ketones is 2. The summed E-state index contributed by atoms with van der Waals surface area (Å²) in [6.07, 6.45) is -6.57. The zero-order valence-corrected chi connectivity index (χ0v) is 25.9. The summed E-state index contributed by atoms with van der Waals surface area (Å²) in [5.74, 6) is -4.48. The molecule has 14 nitrogen and oxygen atoms in total. The maximum atomic E-state index is 14.3. The Morgan fingerprint density at radius 2 is 1.50 bits per heavy atom. The first kappa shape index (κ1) is 34.2. The SMILES string of the molecule is O=C(/C=C/c1ccc(O)c(C2C(=O)c3c(O)cc(O[C@@H]4O[C@H](CO)[C@@H](O)[C@H](O)[C@H]4O)cc3OC2c2ccc(O)cc2)c1)c1ccc(O)cc1O. The molecule has 0 aliphatic carbocycles. The van der Waals surface area contributed by atoms with E-state index in [1.54, 1.807) is 0 Å². The third-order valence-electron chi connectivity index (χ3n) is 8.52. The van der Waals surface area contributed by atoms with E-state index in [-0.39, 0.29) is 45.4 Å². The van der Waals surface area contributed by atoms with Crippen molar-refractivity contribution in [2.75, 3.05) is 6.61 Å². The van der Waals surface area contributed by atoms with Crippen molar-refractivity contribution in [2.24, 2.45) is 0 Å². The first-order valence-corrected chi connectivity index (χ1v) is 15.3. The third kappa shape index (κ3) is 6.53. The van der Waals surface area contributed by atoms with Crippen LogP contribution in [0, 0.1) is 0 Å². The fourth-order valence-electron chi connectivity index (χ4n) is 5.93. The highest BCUT2D eigenvalue weighted by molar-refractivity contribution is 6.09. The van der Waals surface area contributed by atoms with Crippen molar-refractivity contribution >= 4 is 17.6 Å². The number of phenols is 5. The number of aliphatic hydroxyl groups excluding tert-OH is 4. The van der Waals surface area contributed by atoms with E-state index in [1.807, 2.05) is 0 Å². The van der Waals surface area contributed by atoms with E-state index in [0.29, 0.717) is 11.1 Å². The predicted molar refractivity (Wildman–Crippen MR) is 172 cm³/mol. The summed E-state index contributed by atoms with van der Waals surface area (Å²) in [4.78, 5) is 27.0. The quantitative estimate of drug-likeness (QED) is 0.0954. The predicted octanol–water partition coefficient (Wildman–Crippen LogP) is 2.39. The van der Waals surface area contributed by atoms with Crippen LogP contribution in [0.25, 0.3) is 6.08 Å². The largest absolute Gasteiger partial charge is 0.508 e. The third-order valence-corrected chi connectivity index (χ3v) is 8.52. The number of hydrogen-bond acceptors (Lipinski definition) is 14. The monoisotopic (exact) mass is 688 g/mol. The zero-order valence-electron chi connectivity index (χ0n) is 25.9. The molecule has 2 unspecified atom stereocenters. The van der Waals surface area contributed by atoms with Crippen molar-refractivity contribution in [1.82, 2.24) is 0 Å². The minimum atomic E-state index is -1.76. The molecular weight excluding hydrogens is 656 g/mol. The van der Waals surface area contributed by atoms with Crippen molar-refractivity contribution < 1.29 is 69.8 Å². The van der Waals surface area contributed by atoms with Crippen molar-refractivity contribution in [3.8, 4) is 40.2 Å². The van der Waals surface area contributed by atoms with Crippen LogP contribution in [0.2, 0.25) is 0 Å². The smallest absolute Gasteiger partial charge is 0.229 e. The molecule has 6 rings (SSSR count). The number of Topliss-reactive ketones (excluding diaryl/α,β-unsaturated/α-hetero) is 1. The van der Waals surface area contributed by atoms with E-state index >= 15 is 0 Å². The number of hydrogen-bond donors (Lipinski definition) is 9. The van der Waals surface area contributed by atoms with Crippen molar-refractivity contribution in [1.29, 1.82) is 0 Å². The van der Waals surface area contributed by atoms with Crippen LogP contribution in [0.1, 0.15) is 49.4 Å². The molecule has 50 heavy (non-hydrogen) atoms. The standard InChI is InChI=1S/C36H32O14/c37-15-28-31(44)33(46)34(47)36(50-28)48-20-13-26(43)30-27(14-20)49-35(17-3-5-18(38)6-4-17)29(32(30)45)22-11-16(2-10-24(22)41)1-9-23(40)21-8-7-19(39)12-25(21)42/h1-14,28-29,31,33-39,41-44,46-47H,15H2/b9-1+/t28-,29?,31-,33+,34-,35?,36-/m1/s1. The molecule has 260 valence electrons. The van der Waals surface area contributed by atoms with Gasteiger partial charge in [0.15, 0.2) is 11.6 Å². The Bertz CT molecular complexity index is 1950. The van der Waals surface area contributed by atoms with E-state index in [2.05, 4.69) is 0 Å². The van der Waals surface area contributed by atoms with Gasteiger partial charge in [-0.15, -0.1) is 0 Å². The van der Waals surface area contributed by atoms with Gasteiger partial charge >= 0.3 is 0 Å². The Hall–Kier alpha value is -5.64. The van der Waals surface area contributed by atoms with Crippen LogP contribution >= 0.6 is 0 Å². The second-order valence-electron chi connectivity index (χ2n) is 11.8. The normalized spacial score (nSPS) is 24.8. The van der Waals surface area contributed by atoms with Gasteiger partial charge in [0.05, 0.1) is 18.1 Å². The fourth-order valence-corrected chi connectivity index (χ4v) is 5.93. The molecule has 0 bridgehead atoms. The van der Waals surface area contributed by atoms with Crippen molar-refractivity contribution in [3.05, 3.63) is 107 Å². The molecule has 0 spiro atoms. The number of aliphatic hydroxyl groups is 4. The Labute approximate surface area is 283 Å². The summed E-state index contributed by atoms with van der Waals surface area (Å²) in [6.45, 7) is -0.699. The molecule has 0 saturated carbocycles. The molecule has 4 aromatic carbocycles. The van der Waals surface area contributed by atoms with Gasteiger partial charge in [-0.2, -0.15) is 0 Å². The summed E-state index contributed by atoms with van der Waals surface area (Å²) in [7, 11) is 0. The molecule has 9 N–H and O–H groups in total. The number of aromatic hydroxyl groups is 5. The van der Waals surface area contributed by atoms with Gasteiger partial charge in [-0.3, -0.25) is 9.59 Å². The van der Waals surface area contributed by atoms with Gasteiger partial charge in [-0.05, 0) is 53.6 Å². The maximum absolute atomic E-state index is 14.3. The number of carbonyl (C=O) groups excluding carboxylic acids is 2. The molecule has 7 atom stereocenters. The van der Waals surface area contributed by atoms with Crippen LogP contribution in [0.4, 0.5) is 0 Å². The highest BCUT2D eigenvalue weighted by Crippen LogP contribution is 2.50. The van der Waals surface area contributed by atoms with E-state index in [0.717, 1.165) is 18.2 Å². The Morgan fingerprint density at radius 3 is 2.20 bits per heavy atom. The lowest BCUT2D eigenvalue weighted by atomic mass is 9.80.